The van der Waals surface area contributed by atoms with Gasteiger partial charge in [-0.05, 0) is 96.2 Å². The van der Waals surface area contributed by atoms with Gasteiger partial charge in [-0.3, -0.25) is 0 Å². The molecule has 0 radical (unpaired) electrons. The molecule has 0 saturated heterocycles. The highest BCUT2D eigenvalue weighted by Gasteiger charge is 2.73. The molecule has 0 bridgehead atoms. The molecule has 0 spiro atoms. The fourth-order valence-corrected chi connectivity index (χ4v) is 11.3. The van der Waals surface area contributed by atoms with E-state index in [1.165, 1.54) is 5.57 Å². The lowest BCUT2D eigenvalue weighted by Gasteiger charge is -2.74. The third-order valence-electron chi connectivity index (χ3n) is 12.7. The number of hydrogen-bond donors (Lipinski definition) is 3. The van der Waals surface area contributed by atoms with Crippen LogP contribution in [-0.4, -0.2) is 33.6 Å². The summed E-state index contributed by atoms with van der Waals surface area (Å²) in [7, 11) is 0. The molecule has 0 aromatic rings. The topological polar surface area (TPSA) is 60.7 Å². The minimum absolute atomic E-state index is 0.0588. The smallest absolute Gasteiger partial charge is 0.0616 e. The second-order valence-corrected chi connectivity index (χ2v) is 14.1. The molecule has 5 fully saturated rings. The van der Waals surface area contributed by atoms with Crippen LogP contribution in [0, 0.1) is 50.7 Å². The fourth-order valence-electron chi connectivity index (χ4n) is 11.3. The highest BCUT2D eigenvalue weighted by atomic mass is 16.3. The zero-order valence-corrected chi connectivity index (χ0v) is 20.7. The van der Waals surface area contributed by atoms with Crippen LogP contribution >= 0.6 is 0 Å². The van der Waals surface area contributed by atoms with Crippen molar-refractivity contribution < 1.29 is 15.3 Å². The van der Waals surface area contributed by atoms with Gasteiger partial charge >= 0.3 is 0 Å². The maximum Gasteiger partial charge on any atom is 0.0616 e. The average molecular weight is 431 g/mol. The van der Waals surface area contributed by atoms with Crippen LogP contribution in [0.15, 0.2) is 12.2 Å². The van der Waals surface area contributed by atoms with Gasteiger partial charge in [-0.1, -0.05) is 53.7 Å². The largest absolute Gasteiger partial charge is 0.393 e. The summed E-state index contributed by atoms with van der Waals surface area (Å²) >= 11 is 0. The Morgan fingerprint density at radius 3 is 2.13 bits per heavy atom. The van der Waals surface area contributed by atoms with Gasteiger partial charge in [0.2, 0.25) is 0 Å². The molecule has 3 heteroatoms. The first kappa shape index (κ1) is 22.4. The van der Waals surface area contributed by atoms with Gasteiger partial charge in [0.25, 0.3) is 0 Å². The molecule has 0 aromatic heterocycles. The minimum atomic E-state index is -0.348. The van der Waals surface area contributed by atoms with Crippen LogP contribution < -0.4 is 0 Å². The normalized spacial score (nSPS) is 60.5. The molecule has 3 nitrogen and oxygen atoms in total. The molecule has 0 heterocycles. The molecule has 11 atom stereocenters. The Balaban J connectivity index is 1.61. The van der Waals surface area contributed by atoms with Gasteiger partial charge in [-0.15, -0.1) is 0 Å². The van der Waals surface area contributed by atoms with Crippen LogP contribution in [0.5, 0.6) is 0 Å². The summed E-state index contributed by atoms with van der Waals surface area (Å²) in [5.41, 5.74) is 1.21. The van der Waals surface area contributed by atoms with Crippen molar-refractivity contribution >= 4 is 0 Å². The van der Waals surface area contributed by atoms with E-state index in [1.54, 1.807) is 0 Å². The van der Waals surface area contributed by atoms with E-state index in [1.807, 2.05) is 0 Å². The van der Waals surface area contributed by atoms with Crippen molar-refractivity contribution in [2.45, 2.75) is 111 Å². The Hall–Kier alpha value is -0.380. The van der Waals surface area contributed by atoms with Gasteiger partial charge in [0.05, 0.1) is 18.3 Å². The monoisotopic (exact) mass is 430 g/mol. The third kappa shape index (κ3) is 2.47. The Labute approximate surface area is 189 Å². The van der Waals surface area contributed by atoms with E-state index in [0.717, 1.165) is 51.4 Å². The summed E-state index contributed by atoms with van der Waals surface area (Å²) in [4.78, 5) is 0. The SMILES string of the molecule is C=C1CC[C@@]2(C)[C@H]1[C@@H](O)C[C@]1(C)[C@@H]2[C@H](O)C[C@@H]2[C@@]3(C)CC[C@H](O)C(C)(C)[C@@H]3CC[C@]21C. The second-order valence-electron chi connectivity index (χ2n) is 14.1. The lowest BCUT2D eigenvalue weighted by Crippen LogP contribution is -2.71. The summed E-state index contributed by atoms with van der Waals surface area (Å²) in [5.74, 6) is 1.27. The zero-order chi connectivity index (χ0) is 22.8. The Bertz CT molecular complexity index is 789. The summed E-state index contributed by atoms with van der Waals surface area (Å²) in [6.07, 6.45) is 7.01. The van der Waals surface area contributed by atoms with Gasteiger partial charge < -0.3 is 15.3 Å². The fraction of sp³-hybridized carbons (Fsp3) is 0.929. The molecule has 5 aliphatic carbocycles. The van der Waals surface area contributed by atoms with E-state index < -0.39 is 0 Å². The molecular formula is C28H46O3. The molecule has 0 unspecified atom stereocenters. The lowest BCUT2D eigenvalue weighted by atomic mass is 9.31. The maximum atomic E-state index is 11.8. The van der Waals surface area contributed by atoms with Crippen LogP contribution in [0.2, 0.25) is 0 Å². The van der Waals surface area contributed by atoms with Crippen molar-refractivity contribution in [2.75, 3.05) is 0 Å². The first-order valence-corrected chi connectivity index (χ1v) is 13.0. The van der Waals surface area contributed by atoms with Gasteiger partial charge in [0, 0.05) is 5.92 Å². The van der Waals surface area contributed by atoms with Crippen molar-refractivity contribution in [2.24, 2.45) is 50.7 Å². The van der Waals surface area contributed by atoms with Gasteiger partial charge in [-0.2, -0.15) is 0 Å². The van der Waals surface area contributed by atoms with Crippen LogP contribution in [0.1, 0.15) is 92.9 Å². The summed E-state index contributed by atoms with van der Waals surface area (Å²) in [6, 6.07) is 0. The highest BCUT2D eigenvalue weighted by molar-refractivity contribution is 5.27. The first-order valence-electron chi connectivity index (χ1n) is 13.0. The summed E-state index contributed by atoms with van der Waals surface area (Å²) < 4.78 is 0. The molecule has 0 aromatic carbocycles. The molecule has 0 aliphatic heterocycles. The molecule has 5 rings (SSSR count). The zero-order valence-electron chi connectivity index (χ0n) is 20.7. The third-order valence-corrected chi connectivity index (χ3v) is 12.7. The van der Waals surface area contributed by atoms with Crippen molar-refractivity contribution in [3.8, 4) is 0 Å². The van der Waals surface area contributed by atoms with Crippen LogP contribution in [0.25, 0.3) is 0 Å². The molecule has 31 heavy (non-hydrogen) atoms. The van der Waals surface area contributed by atoms with Gasteiger partial charge in [0.15, 0.2) is 0 Å². The van der Waals surface area contributed by atoms with E-state index >= 15 is 0 Å². The van der Waals surface area contributed by atoms with E-state index in [9.17, 15) is 15.3 Å². The Morgan fingerprint density at radius 1 is 0.774 bits per heavy atom. The first-order chi connectivity index (χ1) is 14.2. The van der Waals surface area contributed by atoms with Gasteiger partial charge in [0.1, 0.15) is 0 Å². The van der Waals surface area contributed by atoms with Crippen LogP contribution in [0.4, 0.5) is 0 Å². The number of hydrogen-bond acceptors (Lipinski definition) is 3. The van der Waals surface area contributed by atoms with E-state index in [4.69, 9.17) is 0 Å². The van der Waals surface area contributed by atoms with Crippen molar-refractivity contribution in [1.29, 1.82) is 0 Å². The number of rotatable bonds is 0. The predicted molar refractivity (Wildman–Crippen MR) is 124 cm³/mol. The molecular weight excluding hydrogens is 384 g/mol. The maximum absolute atomic E-state index is 11.8. The summed E-state index contributed by atoms with van der Waals surface area (Å²) in [6.45, 7) is 18.6. The van der Waals surface area contributed by atoms with Gasteiger partial charge in [-0.25, -0.2) is 0 Å². The van der Waals surface area contributed by atoms with Crippen molar-refractivity contribution in [3.63, 3.8) is 0 Å². The van der Waals surface area contributed by atoms with Crippen molar-refractivity contribution in [3.05, 3.63) is 12.2 Å². The average Bonchev–Trinajstić information content (AvgIpc) is 2.96. The van der Waals surface area contributed by atoms with Crippen molar-refractivity contribution in [1.82, 2.24) is 0 Å². The quantitative estimate of drug-likeness (QED) is 0.455. The Morgan fingerprint density at radius 2 is 1.45 bits per heavy atom. The van der Waals surface area contributed by atoms with E-state index in [2.05, 4.69) is 48.1 Å². The van der Waals surface area contributed by atoms with Crippen LogP contribution in [0.3, 0.4) is 0 Å². The molecule has 5 saturated carbocycles. The highest BCUT2D eigenvalue weighted by Crippen LogP contribution is 2.77. The Kier molecular flexibility index (Phi) is 4.62. The number of aliphatic hydroxyl groups excluding tert-OH is 3. The van der Waals surface area contributed by atoms with E-state index in [0.29, 0.717) is 11.8 Å². The number of aliphatic hydroxyl groups is 3. The standard InChI is InChI=1S/C28H46O3/c1-16-8-11-26(5)22(16)18(30)15-28(7)23(26)17(29)14-20-25(4)12-10-21(31)24(2,3)19(25)9-13-27(20,28)6/h17-23,29-31H,1,8-15H2,2-7H3/t17-,18+,19+,20-,21+,22-,23-,25+,26+,27-,28-/m1/s1. The van der Waals surface area contributed by atoms with Crippen LogP contribution in [-0.2, 0) is 0 Å². The van der Waals surface area contributed by atoms with E-state index in [-0.39, 0.29) is 57.2 Å². The summed E-state index contributed by atoms with van der Waals surface area (Å²) in [5, 5.41) is 34.1. The second kappa shape index (κ2) is 6.39. The number of fused-ring (bicyclic) bond motifs is 7. The molecule has 176 valence electrons. The molecule has 0 amide bonds. The predicted octanol–water partition coefficient (Wildman–Crippen LogP) is 5.33. The minimum Gasteiger partial charge on any atom is -0.393 e. The molecule has 3 N–H and O–H groups in total. The lowest BCUT2D eigenvalue weighted by molar-refractivity contribution is -0.285. The molecule has 5 aliphatic rings.